The molecule has 0 aliphatic carbocycles. The summed E-state index contributed by atoms with van der Waals surface area (Å²) < 4.78 is 12.6. The van der Waals surface area contributed by atoms with Crippen LogP contribution in [0.2, 0.25) is 0 Å². The molecular formula is C45H89NO2. The van der Waals surface area contributed by atoms with Crippen molar-refractivity contribution in [2.24, 2.45) is 0 Å². The maximum atomic E-state index is 6.44. The van der Waals surface area contributed by atoms with Gasteiger partial charge in [0.2, 0.25) is 0 Å². The highest BCUT2D eigenvalue weighted by Gasteiger charge is 2.18. The van der Waals surface area contributed by atoms with Crippen LogP contribution in [-0.2, 0) is 9.47 Å². The van der Waals surface area contributed by atoms with Crippen LogP contribution < -0.4 is 0 Å². The van der Waals surface area contributed by atoms with Crippen LogP contribution in [0.4, 0.5) is 0 Å². The van der Waals surface area contributed by atoms with E-state index in [9.17, 15) is 0 Å². The van der Waals surface area contributed by atoms with Gasteiger partial charge >= 0.3 is 0 Å². The van der Waals surface area contributed by atoms with Crippen molar-refractivity contribution >= 4 is 0 Å². The lowest BCUT2D eigenvalue weighted by Crippen LogP contribution is -2.37. The average molecular weight is 676 g/mol. The maximum Gasteiger partial charge on any atom is 0.0823 e. The molecule has 2 atom stereocenters. The van der Waals surface area contributed by atoms with E-state index in [1.807, 2.05) is 0 Å². The summed E-state index contributed by atoms with van der Waals surface area (Å²) in [5.41, 5.74) is 0. The Balaban J connectivity index is 3.88. The number of hydrogen-bond acceptors (Lipinski definition) is 3. The van der Waals surface area contributed by atoms with Crippen molar-refractivity contribution in [2.45, 2.75) is 233 Å². The molecule has 0 heterocycles. The van der Waals surface area contributed by atoms with Gasteiger partial charge in [0, 0.05) is 19.3 Å². The van der Waals surface area contributed by atoms with Crippen LogP contribution in [-0.4, -0.2) is 50.0 Å². The number of nitrogens with zero attached hydrogens (tertiary/aromatic N) is 1. The van der Waals surface area contributed by atoms with Gasteiger partial charge in [0.1, 0.15) is 0 Å². The zero-order valence-corrected chi connectivity index (χ0v) is 33.8. The lowest BCUT2D eigenvalue weighted by Gasteiger charge is -2.30. The van der Waals surface area contributed by atoms with Crippen molar-refractivity contribution in [3.63, 3.8) is 0 Å². The van der Waals surface area contributed by atoms with Gasteiger partial charge in [-0.2, -0.15) is 0 Å². The molecule has 2 unspecified atom stereocenters. The summed E-state index contributed by atoms with van der Waals surface area (Å²) in [5.74, 6) is 0. The van der Waals surface area contributed by atoms with Gasteiger partial charge in [-0.15, -0.1) is 0 Å². The highest BCUT2D eigenvalue weighted by Crippen LogP contribution is 2.15. The summed E-state index contributed by atoms with van der Waals surface area (Å²) in [6.07, 6.45) is 48.7. The fourth-order valence-corrected chi connectivity index (χ4v) is 6.83. The van der Waals surface area contributed by atoms with Crippen molar-refractivity contribution < 1.29 is 9.47 Å². The Bertz CT molecular complexity index is 643. The van der Waals surface area contributed by atoms with E-state index < -0.39 is 0 Å². The van der Waals surface area contributed by atoms with Crippen LogP contribution in [0.1, 0.15) is 221 Å². The summed E-state index contributed by atoms with van der Waals surface area (Å²) in [4.78, 5) is 2.55. The first kappa shape index (κ1) is 47.4. The highest BCUT2D eigenvalue weighted by atomic mass is 16.5. The zero-order chi connectivity index (χ0) is 35.0. The molecule has 0 aliphatic rings. The molecule has 3 nitrogen and oxygen atoms in total. The zero-order valence-electron chi connectivity index (χ0n) is 33.8. The second-order valence-corrected chi connectivity index (χ2v) is 14.7. The Morgan fingerprint density at radius 1 is 0.438 bits per heavy atom. The first-order valence-electron chi connectivity index (χ1n) is 21.9. The largest absolute Gasteiger partial charge is 0.379 e. The molecule has 286 valence electrons. The molecule has 0 saturated carbocycles. The quantitative estimate of drug-likeness (QED) is 0.0476. The van der Waals surface area contributed by atoms with Gasteiger partial charge in [-0.3, -0.25) is 0 Å². The van der Waals surface area contributed by atoms with Crippen LogP contribution in [0.3, 0.4) is 0 Å². The molecule has 0 radical (unpaired) electrons. The predicted octanol–water partition coefficient (Wildman–Crippen LogP) is 14.6. The molecule has 0 aromatic carbocycles. The molecule has 48 heavy (non-hydrogen) atoms. The fourth-order valence-electron chi connectivity index (χ4n) is 6.83. The van der Waals surface area contributed by atoms with Crippen LogP contribution in [0, 0.1) is 0 Å². The molecule has 0 aromatic heterocycles. The Morgan fingerprint density at radius 3 is 1.19 bits per heavy atom. The van der Waals surface area contributed by atoms with Crippen molar-refractivity contribution in [1.29, 1.82) is 0 Å². The standard InChI is InChI=1S/C45H89NO2/c1-6-10-12-14-16-18-20-22-24-26-28-30-32-34-36-38-40-47-43-45(42-44(5)46(8-3)9-4)48-41-39-37-35-33-31-29-27-25-23-21-19-17-15-13-11-7-2/h22-25,44-45H,6-21,26-43H2,1-5H3/b24-22-,25-23-. The first-order valence-corrected chi connectivity index (χ1v) is 21.9. The molecule has 0 saturated heterocycles. The minimum Gasteiger partial charge on any atom is -0.379 e. The van der Waals surface area contributed by atoms with Crippen molar-refractivity contribution in [1.82, 2.24) is 4.90 Å². The predicted molar refractivity (Wildman–Crippen MR) is 216 cm³/mol. The van der Waals surface area contributed by atoms with Crippen LogP contribution in [0.25, 0.3) is 0 Å². The van der Waals surface area contributed by atoms with Gasteiger partial charge in [0.05, 0.1) is 12.7 Å². The Labute approximate surface area is 303 Å². The molecule has 0 amide bonds. The third-order valence-corrected chi connectivity index (χ3v) is 10.2. The second kappa shape index (κ2) is 40.8. The van der Waals surface area contributed by atoms with Gasteiger partial charge in [-0.05, 0) is 90.6 Å². The minimum atomic E-state index is 0.220. The van der Waals surface area contributed by atoms with E-state index in [4.69, 9.17) is 9.47 Å². The van der Waals surface area contributed by atoms with E-state index in [0.717, 1.165) is 39.3 Å². The van der Waals surface area contributed by atoms with Crippen LogP contribution >= 0.6 is 0 Å². The third-order valence-electron chi connectivity index (χ3n) is 10.2. The summed E-state index contributed by atoms with van der Waals surface area (Å²) >= 11 is 0. The smallest absolute Gasteiger partial charge is 0.0823 e. The van der Waals surface area contributed by atoms with Gasteiger partial charge in [-0.1, -0.05) is 168 Å². The summed E-state index contributed by atoms with van der Waals surface area (Å²) in [6, 6.07) is 0.541. The summed E-state index contributed by atoms with van der Waals surface area (Å²) in [5, 5.41) is 0. The molecular weight excluding hydrogens is 587 g/mol. The molecule has 0 rings (SSSR count). The number of ether oxygens (including phenoxy) is 2. The normalized spacial score (nSPS) is 13.5. The van der Waals surface area contributed by atoms with Crippen molar-refractivity contribution in [3.8, 4) is 0 Å². The lowest BCUT2D eigenvalue weighted by molar-refractivity contribution is -0.0330. The summed E-state index contributed by atoms with van der Waals surface area (Å²) in [6.45, 7) is 16.2. The number of unbranched alkanes of at least 4 members (excludes halogenated alkanes) is 24. The van der Waals surface area contributed by atoms with E-state index in [-0.39, 0.29) is 6.10 Å². The van der Waals surface area contributed by atoms with Crippen LogP contribution in [0.5, 0.6) is 0 Å². The van der Waals surface area contributed by atoms with E-state index >= 15 is 0 Å². The van der Waals surface area contributed by atoms with Crippen LogP contribution in [0.15, 0.2) is 24.3 Å². The van der Waals surface area contributed by atoms with Gasteiger partial charge < -0.3 is 14.4 Å². The molecule has 0 aliphatic heterocycles. The van der Waals surface area contributed by atoms with Crippen molar-refractivity contribution in [3.05, 3.63) is 24.3 Å². The number of hydrogen-bond donors (Lipinski definition) is 0. The van der Waals surface area contributed by atoms with E-state index in [2.05, 4.69) is 63.8 Å². The van der Waals surface area contributed by atoms with Gasteiger partial charge in [0.25, 0.3) is 0 Å². The third kappa shape index (κ3) is 35.2. The van der Waals surface area contributed by atoms with Gasteiger partial charge in [-0.25, -0.2) is 0 Å². The second-order valence-electron chi connectivity index (χ2n) is 14.7. The Hall–Kier alpha value is -0.640. The summed E-state index contributed by atoms with van der Waals surface area (Å²) in [7, 11) is 0. The SMILES string of the molecule is CCCCCCCC/C=C\CCCCCCCCOCC(CC(C)N(CC)CC)OCCCCCCCC/C=C\CCCCCCCC. The topological polar surface area (TPSA) is 21.7 Å². The Kier molecular flexibility index (Phi) is 40.2. The highest BCUT2D eigenvalue weighted by molar-refractivity contribution is 4.82. The average Bonchev–Trinajstić information content (AvgIpc) is 3.09. The molecule has 0 aromatic rings. The monoisotopic (exact) mass is 676 g/mol. The number of allylic oxidation sites excluding steroid dienone is 4. The first-order chi connectivity index (χ1) is 23.7. The Morgan fingerprint density at radius 2 is 0.792 bits per heavy atom. The molecule has 0 spiro atoms. The van der Waals surface area contributed by atoms with E-state index in [1.54, 1.807) is 0 Å². The fraction of sp³-hybridized carbons (Fsp3) is 0.911. The van der Waals surface area contributed by atoms with E-state index in [1.165, 1.54) is 180 Å². The number of rotatable bonds is 40. The molecule has 3 heteroatoms. The molecule has 0 fully saturated rings. The van der Waals surface area contributed by atoms with E-state index in [0.29, 0.717) is 6.04 Å². The maximum absolute atomic E-state index is 6.44. The molecule has 0 N–H and O–H groups in total. The minimum absolute atomic E-state index is 0.220. The molecule has 0 bridgehead atoms. The van der Waals surface area contributed by atoms with Gasteiger partial charge in [0.15, 0.2) is 0 Å². The lowest BCUT2D eigenvalue weighted by atomic mass is 10.1. The van der Waals surface area contributed by atoms with Crippen molar-refractivity contribution in [2.75, 3.05) is 32.9 Å².